The number of rotatable bonds is 2. The molecule has 0 aliphatic carbocycles. The van der Waals surface area contributed by atoms with Crippen LogP contribution < -0.4 is 4.74 Å². The van der Waals surface area contributed by atoms with Crippen molar-refractivity contribution in [1.82, 2.24) is 9.88 Å². The average Bonchev–Trinajstić information content (AvgIpc) is 2.31. The molecule has 0 aromatic carbocycles. The number of carbonyl (C=O) groups is 1. The molecule has 1 amide bonds. The summed E-state index contributed by atoms with van der Waals surface area (Å²) in [6, 6.07) is 3.50. The fraction of sp³-hybridized carbons (Fsp3) is 0.467. The van der Waals surface area contributed by atoms with E-state index in [4.69, 9.17) is 15.9 Å². The highest BCUT2D eigenvalue weighted by Crippen LogP contribution is 2.19. The SMILES string of the molecule is C#Cc1ccc(OC2CN(C(=O)OC(C)(C)C)C2)nc1. The number of amides is 1. The van der Waals surface area contributed by atoms with Crippen LogP contribution in [0.5, 0.6) is 5.88 Å². The van der Waals surface area contributed by atoms with Crippen LogP contribution in [-0.4, -0.2) is 40.8 Å². The number of likely N-dealkylation sites (tertiary alicyclic amines) is 1. The lowest BCUT2D eigenvalue weighted by Crippen LogP contribution is -2.57. The van der Waals surface area contributed by atoms with Crippen LogP contribution >= 0.6 is 0 Å². The molecule has 0 saturated carbocycles. The highest BCUT2D eigenvalue weighted by molar-refractivity contribution is 5.69. The van der Waals surface area contributed by atoms with Crippen molar-refractivity contribution in [3.05, 3.63) is 23.9 Å². The lowest BCUT2D eigenvalue weighted by Gasteiger charge is -2.39. The summed E-state index contributed by atoms with van der Waals surface area (Å²) < 4.78 is 10.9. The van der Waals surface area contributed by atoms with Gasteiger partial charge in [0.05, 0.1) is 13.1 Å². The van der Waals surface area contributed by atoms with Gasteiger partial charge in [-0.05, 0) is 26.8 Å². The standard InChI is InChI=1S/C15H18N2O3/c1-5-11-6-7-13(16-8-11)19-12-9-17(10-12)14(18)20-15(2,3)4/h1,6-8,12H,9-10H2,2-4H3. The average molecular weight is 274 g/mol. The predicted molar refractivity (Wildman–Crippen MR) is 74.4 cm³/mol. The Balaban J connectivity index is 1.79. The van der Waals surface area contributed by atoms with E-state index in [2.05, 4.69) is 10.9 Å². The fourth-order valence-corrected chi connectivity index (χ4v) is 1.69. The number of nitrogens with zero attached hydrogens (tertiary/aromatic N) is 2. The molecule has 1 aliphatic rings. The van der Waals surface area contributed by atoms with E-state index >= 15 is 0 Å². The number of hydrogen-bond acceptors (Lipinski definition) is 4. The smallest absolute Gasteiger partial charge is 0.410 e. The van der Waals surface area contributed by atoms with Gasteiger partial charge in [-0.2, -0.15) is 0 Å². The summed E-state index contributed by atoms with van der Waals surface area (Å²) in [7, 11) is 0. The van der Waals surface area contributed by atoms with Crippen molar-refractivity contribution in [1.29, 1.82) is 0 Å². The maximum absolute atomic E-state index is 11.7. The zero-order valence-electron chi connectivity index (χ0n) is 11.9. The van der Waals surface area contributed by atoms with Gasteiger partial charge in [-0.1, -0.05) is 5.92 Å². The van der Waals surface area contributed by atoms with E-state index in [1.54, 1.807) is 23.2 Å². The molecule has 0 atom stereocenters. The largest absolute Gasteiger partial charge is 0.471 e. The Hall–Kier alpha value is -2.22. The predicted octanol–water partition coefficient (Wildman–Crippen LogP) is 2.06. The number of pyridine rings is 1. The zero-order chi connectivity index (χ0) is 14.8. The van der Waals surface area contributed by atoms with E-state index in [-0.39, 0.29) is 12.2 Å². The number of hydrogen-bond donors (Lipinski definition) is 0. The van der Waals surface area contributed by atoms with Crippen LogP contribution in [0.15, 0.2) is 18.3 Å². The van der Waals surface area contributed by atoms with Gasteiger partial charge in [0.25, 0.3) is 0 Å². The summed E-state index contributed by atoms with van der Waals surface area (Å²) in [5.41, 5.74) is 0.233. The molecule has 0 unspecified atom stereocenters. The van der Waals surface area contributed by atoms with Crippen LogP contribution in [0.2, 0.25) is 0 Å². The molecule has 0 spiro atoms. The minimum Gasteiger partial charge on any atom is -0.471 e. The van der Waals surface area contributed by atoms with Crippen LogP contribution in [0.4, 0.5) is 4.79 Å². The minimum absolute atomic E-state index is 0.0493. The number of carbonyl (C=O) groups excluding carboxylic acids is 1. The van der Waals surface area contributed by atoms with Crippen molar-refractivity contribution in [3.8, 4) is 18.2 Å². The molecule has 106 valence electrons. The van der Waals surface area contributed by atoms with Crippen molar-refractivity contribution in [2.75, 3.05) is 13.1 Å². The first-order valence-electron chi connectivity index (χ1n) is 6.44. The second-order valence-corrected chi connectivity index (χ2v) is 5.65. The van der Waals surface area contributed by atoms with Crippen molar-refractivity contribution in [3.63, 3.8) is 0 Å². The van der Waals surface area contributed by atoms with Crippen LogP contribution in [0.1, 0.15) is 26.3 Å². The Morgan fingerprint density at radius 2 is 2.15 bits per heavy atom. The Kier molecular flexibility index (Phi) is 3.84. The molecule has 0 radical (unpaired) electrons. The minimum atomic E-state index is -0.477. The molecule has 20 heavy (non-hydrogen) atoms. The summed E-state index contributed by atoms with van der Waals surface area (Å²) in [6.07, 6.45) is 6.47. The second-order valence-electron chi connectivity index (χ2n) is 5.65. The van der Waals surface area contributed by atoms with Crippen LogP contribution in [0, 0.1) is 12.3 Å². The third-order valence-electron chi connectivity index (χ3n) is 2.69. The Morgan fingerprint density at radius 1 is 1.45 bits per heavy atom. The van der Waals surface area contributed by atoms with Gasteiger partial charge in [-0.15, -0.1) is 6.42 Å². The molecule has 1 fully saturated rings. The molecule has 1 saturated heterocycles. The molecule has 0 bridgehead atoms. The highest BCUT2D eigenvalue weighted by atomic mass is 16.6. The Bertz CT molecular complexity index is 520. The summed E-state index contributed by atoms with van der Waals surface area (Å²) in [5.74, 6) is 3.00. The summed E-state index contributed by atoms with van der Waals surface area (Å²) >= 11 is 0. The molecule has 1 aromatic heterocycles. The first-order valence-corrected chi connectivity index (χ1v) is 6.44. The van der Waals surface area contributed by atoms with E-state index in [1.165, 1.54) is 0 Å². The Labute approximate surface area is 118 Å². The van der Waals surface area contributed by atoms with Crippen LogP contribution in [0.25, 0.3) is 0 Å². The lowest BCUT2D eigenvalue weighted by atomic mass is 10.2. The van der Waals surface area contributed by atoms with Crippen molar-refractivity contribution >= 4 is 6.09 Å². The topological polar surface area (TPSA) is 51.7 Å². The quantitative estimate of drug-likeness (QED) is 0.775. The summed E-state index contributed by atoms with van der Waals surface area (Å²) in [4.78, 5) is 17.4. The fourth-order valence-electron chi connectivity index (χ4n) is 1.69. The van der Waals surface area contributed by atoms with E-state index < -0.39 is 5.60 Å². The van der Waals surface area contributed by atoms with Crippen molar-refractivity contribution in [2.24, 2.45) is 0 Å². The van der Waals surface area contributed by atoms with Gasteiger partial charge in [0, 0.05) is 17.8 Å². The normalized spacial score (nSPS) is 15.2. The van der Waals surface area contributed by atoms with Crippen molar-refractivity contribution in [2.45, 2.75) is 32.5 Å². The van der Waals surface area contributed by atoms with Gasteiger partial charge < -0.3 is 14.4 Å². The monoisotopic (exact) mass is 274 g/mol. The molecule has 5 nitrogen and oxygen atoms in total. The molecule has 1 aliphatic heterocycles. The van der Waals surface area contributed by atoms with Gasteiger partial charge >= 0.3 is 6.09 Å². The van der Waals surface area contributed by atoms with Crippen LogP contribution in [-0.2, 0) is 4.74 Å². The third-order valence-corrected chi connectivity index (χ3v) is 2.69. The molecular formula is C15H18N2O3. The lowest BCUT2D eigenvalue weighted by molar-refractivity contribution is -0.0232. The maximum Gasteiger partial charge on any atom is 0.410 e. The van der Waals surface area contributed by atoms with Gasteiger partial charge in [0.15, 0.2) is 0 Å². The summed E-state index contributed by atoms with van der Waals surface area (Å²) in [6.45, 7) is 6.54. The van der Waals surface area contributed by atoms with E-state index in [0.29, 0.717) is 24.5 Å². The molecular weight excluding hydrogens is 256 g/mol. The Morgan fingerprint density at radius 3 is 2.65 bits per heavy atom. The van der Waals surface area contributed by atoms with Gasteiger partial charge in [-0.3, -0.25) is 0 Å². The number of ether oxygens (including phenoxy) is 2. The molecule has 2 heterocycles. The van der Waals surface area contributed by atoms with Crippen molar-refractivity contribution < 1.29 is 14.3 Å². The zero-order valence-corrected chi connectivity index (χ0v) is 11.9. The van der Waals surface area contributed by atoms with E-state index in [1.807, 2.05) is 20.8 Å². The van der Waals surface area contributed by atoms with Gasteiger partial charge in [-0.25, -0.2) is 9.78 Å². The molecule has 2 rings (SSSR count). The third kappa shape index (κ3) is 3.64. The van der Waals surface area contributed by atoms with Gasteiger partial charge in [0.2, 0.25) is 5.88 Å². The molecule has 1 aromatic rings. The molecule has 5 heteroatoms. The van der Waals surface area contributed by atoms with E-state index in [9.17, 15) is 4.79 Å². The number of terminal acetylenes is 1. The molecule has 0 N–H and O–H groups in total. The first kappa shape index (κ1) is 14.2. The second kappa shape index (κ2) is 5.41. The number of aromatic nitrogens is 1. The van der Waals surface area contributed by atoms with E-state index in [0.717, 1.165) is 0 Å². The first-order chi connectivity index (χ1) is 9.37. The summed E-state index contributed by atoms with van der Waals surface area (Å²) in [5, 5.41) is 0. The van der Waals surface area contributed by atoms with Gasteiger partial charge in [0.1, 0.15) is 11.7 Å². The van der Waals surface area contributed by atoms with Crippen LogP contribution in [0.3, 0.4) is 0 Å². The highest BCUT2D eigenvalue weighted by Gasteiger charge is 2.35. The maximum atomic E-state index is 11.7.